The minimum atomic E-state index is -0.519. The highest BCUT2D eigenvalue weighted by atomic mass is 16.5. The van der Waals surface area contributed by atoms with Crippen molar-refractivity contribution in [2.24, 2.45) is 0 Å². The highest BCUT2D eigenvalue weighted by Gasteiger charge is 2.47. The van der Waals surface area contributed by atoms with Crippen LogP contribution in [0.1, 0.15) is 39.9 Å². The second-order valence-electron chi connectivity index (χ2n) is 12.4. The average molecular weight is 648 g/mol. The summed E-state index contributed by atoms with van der Waals surface area (Å²) in [5, 5.41) is 12.9. The van der Waals surface area contributed by atoms with E-state index in [9.17, 15) is 10.1 Å². The van der Waals surface area contributed by atoms with Gasteiger partial charge >= 0.3 is 5.97 Å². The smallest absolute Gasteiger partial charge is 0.330 e. The molecule has 4 aromatic carbocycles. The summed E-state index contributed by atoms with van der Waals surface area (Å²) in [6.45, 7) is 0.0428. The van der Waals surface area contributed by atoms with Gasteiger partial charge in [0, 0.05) is 18.5 Å². The minimum Gasteiger partial charge on any atom is -0.493 e. The summed E-state index contributed by atoms with van der Waals surface area (Å²) < 4.78 is 28.8. The van der Waals surface area contributed by atoms with Crippen LogP contribution in [0.15, 0.2) is 72.8 Å². The summed E-state index contributed by atoms with van der Waals surface area (Å²) in [7, 11) is 10.6. The Kier molecular flexibility index (Phi) is 9.58. The van der Waals surface area contributed by atoms with E-state index in [1.54, 1.807) is 34.5 Å². The Bertz CT molecular complexity index is 1900. The number of benzene rings is 4. The van der Waals surface area contributed by atoms with Gasteiger partial charge in [-0.1, -0.05) is 36.4 Å². The zero-order chi connectivity index (χ0) is 33.9. The molecular weight excluding hydrogens is 606 g/mol. The van der Waals surface area contributed by atoms with E-state index in [0.717, 1.165) is 38.6 Å². The van der Waals surface area contributed by atoms with Crippen LogP contribution in [-0.2, 0) is 22.4 Å². The molecule has 4 aromatic rings. The molecule has 0 aliphatic carbocycles. The van der Waals surface area contributed by atoms with Crippen LogP contribution < -0.4 is 18.9 Å². The first-order valence-electron chi connectivity index (χ1n) is 16.0. The summed E-state index contributed by atoms with van der Waals surface area (Å²) in [6.07, 6.45) is 4.32. The number of likely N-dealkylation sites (N-methyl/N-ethyl adjacent to an activating group) is 1. The fraction of sp³-hybridized carbons (Fsp3) is 0.333. The third-order valence-electron chi connectivity index (χ3n) is 9.55. The van der Waals surface area contributed by atoms with Gasteiger partial charge in [-0.15, -0.1) is 0 Å². The monoisotopic (exact) mass is 647 g/mol. The van der Waals surface area contributed by atoms with Crippen molar-refractivity contribution in [1.82, 2.24) is 9.80 Å². The molecule has 1 unspecified atom stereocenters. The molecule has 0 fully saturated rings. The van der Waals surface area contributed by atoms with E-state index in [1.807, 2.05) is 74.8 Å². The minimum absolute atomic E-state index is 0.0428. The van der Waals surface area contributed by atoms with E-state index in [1.165, 1.54) is 6.08 Å². The van der Waals surface area contributed by atoms with Crippen molar-refractivity contribution in [3.05, 3.63) is 101 Å². The van der Waals surface area contributed by atoms with Gasteiger partial charge in [0.2, 0.25) is 0 Å². The molecule has 48 heavy (non-hydrogen) atoms. The molecular formula is C39H41N3O6. The number of methoxy groups -OCH3 is 4. The van der Waals surface area contributed by atoms with Gasteiger partial charge in [-0.2, -0.15) is 5.26 Å². The highest BCUT2D eigenvalue weighted by Crippen LogP contribution is 2.48. The van der Waals surface area contributed by atoms with Crippen molar-refractivity contribution in [3.8, 4) is 29.1 Å². The van der Waals surface area contributed by atoms with Gasteiger partial charge in [0.1, 0.15) is 12.6 Å². The number of nitriles is 1. The van der Waals surface area contributed by atoms with Gasteiger partial charge < -0.3 is 28.6 Å². The van der Waals surface area contributed by atoms with Crippen LogP contribution in [0.4, 0.5) is 0 Å². The fourth-order valence-corrected chi connectivity index (χ4v) is 7.37. The first-order chi connectivity index (χ1) is 23.3. The third kappa shape index (κ3) is 6.17. The van der Waals surface area contributed by atoms with Crippen molar-refractivity contribution in [1.29, 1.82) is 5.26 Å². The lowest BCUT2D eigenvalue weighted by Crippen LogP contribution is -2.54. The Labute approximate surface area is 281 Å². The Morgan fingerprint density at radius 2 is 1.44 bits per heavy atom. The molecule has 2 heterocycles. The number of esters is 1. The first kappa shape index (κ1) is 32.9. The standard InChI is InChI=1S/C39H41N3O6/c1-41(2)39-31-21-37(47-6)34(44-3)18-27(31)16-29(22-40)42-32(39)17-28-19-35(45-4)36(46-5)20-30(28)33(42)23-48-38(43)14-12-24-11-13-25-9-7-8-10-26(25)15-24/h7-15,18-21,29,32-33,39H,16-17,23H2,1-6H3/b14-12+/t29-,32?,33+,39-/m1/s1. The highest BCUT2D eigenvalue weighted by molar-refractivity contribution is 5.89. The second-order valence-corrected chi connectivity index (χ2v) is 12.4. The molecule has 6 rings (SSSR count). The number of rotatable bonds is 9. The van der Waals surface area contributed by atoms with Gasteiger partial charge in [-0.05, 0) is 95.5 Å². The van der Waals surface area contributed by atoms with Crippen molar-refractivity contribution >= 4 is 22.8 Å². The Morgan fingerprint density at radius 3 is 2.06 bits per heavy atom. The van der Waals surface area contributed by atoms with Gasteiger partial charge in [0.25, 0.3) is 0 Å². The van der Waals surface area contributed by atoms with E-state index >= 15 is 0 Å². The molecule has 0 saturated heterocycles. The number of hydrogen-bond acceptors (Lipinski definition) is 9. The Morgan fingerprint density at radius 1 is 0.833 bits per heavy atom. The van der Waals surface area contributed by atoms with Gasteiger partial charge in [-0.3, -0.25) is 4.90 Å². The van der Waals surface area contributed by atoms with Crippen LogP contribution in [0, 0.1) is 11.3 Å². The molecule has 0 radical (unpaired) electrons. The molecule has 4 atom stereocenters. The average Bonchev–Trinajstić information content (AvgIpc) is 3.24. The fourth-order valence-electron chi connectivity index (χ4n) is 7.37. The molecule has 248 valence electrons. The van der Waals surface area contributed by atoms with Crippen molar-refractivity contribution in [2.75, 3.05) is 49.1 Å². The lowest BCUT2D eigenvalue weighted by Gasteiger charge is -2.48. The predicted octanol–water partition coefficient (Wildman–Crippen LogP) is 6.15. The van der Waals surface area contributed by atoms with Gasteiger partial charge in [0.05, 0.1) is 46.6 Å². The van der Waals surface area contributed by atoms with E-state index in [0.29, 0.717) is 35.8 Å². The van der Waals surface area contributed by atoms with Crippen LogP contribution in [0.2, 0.25) is 0 Å². The Balaban J connectivity index is 1.39. The quantitative estimate of drug-likeness (QED) is 0.157. The van der Waals surface area contributed by atoms with Crippen molar-refractivity contribution in [3.63, 3.8) is 0 Å². The van der Waals surface area contributed by atoms with Crippen LogP contribution in [-0.4, -0.2) is 77.0 Å². The van der Waals surface area contributed by atoms with Crippen molar-refractivity contribution in [2.45, 2.75) is 37.0 Å². The normalized spacial score (nSPS) is 20.3. The molecule has 9 nitrogen and oxygen atoms in total. The largest absolute Gasteiger partial charge is 0.493 e. The summed E-state index contributed by atoms with van der Waals surface area (Å²) >= 11 is 0. The van der Waals surface area contributed by atoms with Crippen LogP contribution >= 0.6 is 0 Å². The maximum absolute atomic E-state index is 13.3. The zero-order valence-corrected chi connectivity index (χ0v) is 28.2. The predicted molar refractivity (Wildman–Crippen MR) is 185 cm³/mol. The molecule has 0 amide bonds. The maximum Gasteiger partial charge on any atom is 0.330 e. The van der Waals surface area contributed by atoms with Crippen LogP contribution in [0.5, 0.6) is 23.0 Å². The molecule has 9 heteroatoms. The van der Waals surface area contributed by atoms with E-state index in [2.05, 4.69) is 21.9 Å². The lowest BCUT2D eigenvalue weighted by molar-refractivity contribution is -0.140. The van der Waals surface area contributed by atoms with E-state index in [4.69, 9.17) is 23.7 Å². The number of carbonyl (C=O) groups excluding carboxylic acids is 1. The van der Waals surface area contributed by atoms with Crippen LogP contribution in [0.3, 0.4) is 0 Å². The number of ether oxygens (including phenoxy) is 5. The number of carbonyl (C=O) groups is 1. The Hall–Kier alpha value is -5.04. The van der Waals surface area contributed by atoms with Gasteiger partial charge in [-0.25, -0.2) is 4.79 Å². The number of hydrogen-bond donors (Lipinski definition) is 0. The summed E-state index contributed by atoms with van der Waals surface area (Å²) in [5.74, 6) is 1.99. The molecule has 0 aromatic heterocycles. The van der Waals surface area contributed by atoms with E-state index in [-0.39, 0.29) is 18.7 Å². The lowest BCUT2D eigenvalue weighted by atomic mass is 9.82. The molecule has 0 bridgehead atoms. The number of nitrogens with zero attached hydrogens (tertiary/aromatic N) is 3. The second kappa shape index (κ2) is 14.0. The SMILES string of the molecule is COc1cc2c(cc1OC)[C@@H](N(C)C)C1Cc3cc(OC)c(OC)cc3[C@H](COC(=O)/C=C/c3ccc4ccccc4c3)N1[C@@H](C#N)C2. The molecule has 2 aliphatic heterocycles. The topological polar surface area (TPSA) is 93.5 Å². The van der Waals surface area contributed by atoms with Crippen molar-refractivity contribution < 1.29 is 28.5 Å². The summed E-state index contributed by atoms with van der Waals surface area (Å²) in [4.78, 5) is 17.7. The molecule has 2 aliphatic rings. The third-order valence-corrected chi connectivity index (χ3v) is 9.55. The molecule has 0 N–H and O–H groups in total. The van der Waals surface area contributed by atoms with E-state index < -0.39 is 18.1 Å². The van der Waals surface area contributed by atoms with Gasteiger partial charge in [0.15, 0.2) is 23.0 Å². The number of fused-ring (bicyclic) bond motifs is 4. The summed E-state index contributed by atoms with van der Waals surface area (Å²) in [6, 6.07) is 23.5. The molecule has 0 spiro atoms. The molecule has 0 saturated carbocycles. The zero-order valence-electron chi connectivity index (χ0n) is 28.2. The first-order valence-corrected chi connectivity index (χ1v) is 16.0. The maximum atomic E-state index is 13.3. The van der Waals surface area contributed by atoms with Crippen LogP contribution in [0.25, 0.3) is 16.8 Å². The summed E-state index contributed by atoms with van der Waals surface area (Å²) in [5.41, 5.74) is 4.98.